The highest BCUT2D eigenvalue weighted by Gasteiger charge is 2.09. The van der Waals surface area contributed by atoms with E-state index in [4.69, 9.17) is 5.84 Å². The van der Waals surface area contributed by atoms with Crippen molar-refractivity contribution in [3.63, 3.8) is 0 Å². The maximum atomic E-state index is 5.53. The first-order valence-electron chi connectivity index (χ1n) is 5.49. The Morgan fingerprint density at radius 3 is 2.62 bits per heavy atom. The third-order valence-corrected chi connectivity index (χ3v) is 2.70. The molecule has 1 aromatic carbocycles. The fourth-order valence-corrected chi connectivity index (χ4v) is 1.87. The second kappa shape index (κ2) is 4.10. The maximum Gasteiger partial charge on any atom is 0.0710 e. The van der Waals surface area contributed by atoms with Crippen LogP contribution in [0.1, 0.15) is 31.0 Å². The molecule has 3 N–H and O–H groups in total. The monoisotopic (exact) mass is 215 g/mol. The van der Waals surface area contributed by atoms with Gasteiger partial charge in [-0.25, -0.2) is 0 Å². The Balaban J connectivity index is 2.70. The van der Waals surface area contributed by atoms with E-state index in [1.165, 1.54) is 5.56 Å². The van der Waals surface area contributed by atoms with Gasteiger partial charge in [-0.3, -0.25) is 10.8 Å². The maximum absolute atomic E-state index is 5.53. The molecular weight excluding hydrogens is 198 g/mol. The molecule has 84 valence electrons. The lowest BCUT2D eigenvalue weighted by Gasteiger charge is -2.12. The lowest BCUT2D eigenvalue weighted by Crippen LogP contribution is -2.11. The van der Waals surface area contributed by atoms with Crippen molar-refractivity contribution in [1.82, 2.24) is 4.98 Å². The zero-order valence-corrected chi connectivity index (χ0v) is 9.91. The highest BCUT2D eigenvalue weighted by atomic mass is 15.2. The molecule has 0 spiro atoms. The Kier molecular flexibility index (Phi) is 2.79. The van der Waals surface area contributed by atoms with E-state index >= 15 is 0 Å². The molecule has 0 aliphatic heterocycles. The van der Waals surface area contributed by atoms with Gasteiger partial charge in [-0.2, -0.15) is 0 Å². The lowest BCUT2D eigenvalue weighted by molar-refractivity contribution is 0.831. The fourth-order valence-electron chi connectivity index (χ4n) is 1.87. The van der Waals surface area contributed by atoms with Crippen molar-refractivity contribution in [1.29, 1.82) is 0 Å². The number of hydrogen-bond donors (Lipinski definition) is 2. The van der Waals surface area contributed by atoms with Crippen molar-refractivity contribution in [2.24, 2.45) is 5.84 Å². The third-order valence-electron chi connectivity index (χ3n) is 2.70. The highest BCUT2D eigenvalue weighted by Crippen LogP contribution is 2.26. The topological polar surface area (TPSA) is 50.9 Å². The van der Waals surface area contributed by atoms with Crippen molar-refractivity contribution >= 4 is 16.6 Å². The Bertz CT molecular complexity index is 518. The number of hydrogen-bond acceptors (Lipinski definition) is 3. The molecule has 0 aliphatic rings. The number of anilines is 1. The van der Waals surface area contributed by atoms with Gasteiger partial charge in [0, 0.05) is 5.39 Å². The Morgan fingerprint density at radius 1 is 1.25 bits per heavy atom. The lowest BCUT2D eigenvalue weighted by atomic mass is 10.0. The van der Waals surface area contributed by atoms with E-state index < -0.39 is 0 Å². The van der Waals surface area contributed by atoms with Crippen LogP contribution < -0.4 is 11.3 Å². The number of nitrogens with zero attached hydrogens (tertiary/aromatic N) is 1. The number of nitrogens with two attached hydrogens (primary N) is 1. The third kappa shape index (κ3) is 1.86. The summed E-state index contributed by atoms with van der Waals surface area (Å²) in [6.45, 7) is 6.30. The van der Waals surface area contributed by atoms with E-state index in [1.54, 1.807) is 0 Å². The molecule has 3 heteroatoms. The molecule has 0 atom stereocenters. The minimum atomic E-state index is 0.358. The average Bonchev–Trinajstić information content (AvgIpc) is 2.26. The van der Waals surface area contributed by atoms with E-state index in [1.807, 2.05) is 0 Å². The number of nitrogens with one attached hydrogen (secondary N) is 1. The van der Waals surface area contributed by atoms with Crippen LogP contribution in [-0.4, -0.2) is 4.98 Å². The molecule has 0 aliphatic carbocycles. The summed E-state index contributed by atoms with van der Waals surface area (Å²) in [5.74, 6) is 5.89. The van der Waals surface area contributed by atoms with E-state index in [9.17, 15) is 0 Å². The van der Waals surface area contributed by atoms with Crippen LogP contribution in [-0.2, 0) is 0 Å². The van der Waals surface area contributed by atoms with E-state index in [0.717, 1.165) is 22.3 Å². The van der Waals surface area contributed by atoms with Crippen LogP contribution in [0.4, 0.5) is 5.69 Å². The normalized spacial score (nSPS) is 11.1. The minimum absolute atomic E-state index is 0.358. The molecule has 0 bridgehead atoms. The molecule has 3 nitrogen and oxygen atoms in total. The quantitative estimate of drug-likeness (QED) is 0.598. The van der Waals surface area contributed by atoms with Crippen LogP contribution >= 0.6 is 0 Å². The van der Waals surface area contributed by atoms with Gasteiger partial charge >= 0.3 is 0 Å². The van der Waals surface area contributed by atoms with Gasteiger partial charge in [-0.1, -0.05) is 25.5 Å². The zero-order valence-electron chi connectivity index (χ0n) is 9.91. The van der Waals surface area contributed by atoms with Crippen molar-refractivity contribution < 1.29 is 0 Å². The fraction of sp³-hybridized carbons (Fsp3) is 0.308. The van der Waals surface area contributed by atoms with Gasteiger partial charge in [-0.15, -0.1) is 0 Å². The van der Waals surface area contributed by atoms with Crippen molar-refractivity contribution in [2.45, 2.75) is 26.7 Å². The predicted molar refractivity (Wildman–Crippen MR) is 68.4 cm³/mol. The number of aromatic nitrogens is 1. The SMILES string of the molecule is Cc1ccc2nc(C(C)C)c(NN)cc2c1. The number of fused-ring (bicyclic) bond motifs is 1. The predicted octanol–water partition coefficient (Wildman–Crippen LogP) is 2.95. The molecule has 1 aromatic heterocycles. The van der Waals surface area contributed by atoms with Crippen LogP contribution in [0.25, 0.3) is 10.9 Å². The number of benzene rings is 1. The van der Waals surface area contributed by atoms with Crippen LogP contribution in [0.5, 0.6) is 0 Å². The largest absolute Gasteiger partial charge is 0.322 e. The molecule has 2 aromatic rings. The standard InChI is InChI=1S/C13H17N3/c1-8(2)13-12(16-14)7-10-6-9(3)4-5-11(10)15-13/h4-8,16H,14H2,1-3H3. The minimum Gasteiger partial charge on any atom is -0.322 e. The van der Waals surface area contributed by atoms with Gasteiger partial charge < -0.3 is 5.43 Å². The van der Waals surface area contributed by atoms with Crippen molar-refractivity contribution in [3.05, 3.63) is 35.5 Å². The van der Waals surface area contributed by atoms with Crippen LogP contribution in [0.3, 0.4) is 0 Å². The first kappa shape index (κ1) is 10.9. The number of aryl methyl sites for hydroxylation is 1. The van der Waals surface area contributed by atoms with Gasteiger partial charge in [-0.05, 0) is 31.0 Å². The van der Waals surface area contributed by atoms with Crippen LogP contribution in [0.2, 0.25) is 0 Å². The summed E-state index contributed by atoms with van der Waals surface area (Å²) in [4.78, 5) is 4.64. The number of pyridine rings is 1. The number of nitrogen functional groups attached to an aromatic ring is 1. The second-order valence-electron chi connectivity index (χ2n) is 4.42. The molecule has 16 heavy (non-hydrogen) atoms. The first-order chi connectivity index (χ1) is 7.61. The molecule has 2 rings (SSSR count). The first-order valence-corrected chi connectivity index (χ1v) is 5.49. The number of hydrazine groups is 1. The second-order valence-corrected chi connectivity index (χ2v) is 4.42. The molecular formula is C13H17N3. The Hall–Kier alpha value is -1.61. The summed E-state index contributed by atoms with van der Waals surface area (Å²) < 4.78 is 0. The summed E-state index contributed by atoms with van der Waals surface area (Å²) in [6.07, 6.45) is 0. The molecule has 0 saturated carbocycles. The van der Waals surface area contributed by atoms with Gasteiger partial charge in [0.1, 0.15) is 0 Å². The molecule has 0 fully saturated rings. The summed E-state index contributed by atoms with van der Waals surface area (Å²) in [5, 5.41) is 1.12. The van der Waals surface area contributed by atoms with Gasteiger partial charge in [0.25, 0.3) is 0 Å². The summed E-state index contributed by atoms with van der Waals surface area (Å²) in [7, 11) is 0. The summed E-state index contributed by atoms with van der Waals surface area (Å²) in [5.41, 5.74) is 6.90. The smallest absolute Gasteiger partial charge is 0.0710 e. The summed E-state index contributed by atoms with van der Waals surface area (Å²) in [6, 6.07) is 8.31. The molecule has 0 saturated heterocycles. The Morgan fingerprint density at radius 2 is 2.00 bits per heavy atom. The van der Waals surface area contributed by atoms with Crippen LogP contribution in [0, 0.1) is 6.92 Å². The summed E-state index contributed by atoms with van der Waals surface area (Å²) >= 11 is 0. The van der Waals surface area contributed by atoms with Crippen molar-refractivity contribution in [2.75, 3.05) is 5.43 Å². The zero-order chi connectivity index (χ0) is 11.7. The molecule has 0 amide bonds. The Labute approximate surface area is 95.7 Å². The van der Waals surface area contributed by atoms with E-state index in [2.05, 4.69) is 55.4 Å². The van der Waals surface area contributed by atoms with E-state index in [-0.39, 0.29) is 0 Å². The molecule has 1 heterocycles. The van der Waals surface area contributed by atoms with Gasteiger partial charge in [0.05, 0.1) is 16.9 Å². The van der Waals surface area contributed by atoms with E-state index in [0.29, 0.717) is 5.92 Å². The molecule has 0 unspecified atom stereocenters. The van der Waals surface area contributed by atoms with Crippen LogP contribution in [0.15, 0.2) is 24.3 Å². The van der Waals surface area contributed by atoms with Gasteiger partial charge in [0.15, 0.2) is 0 Å². The highest BCUT2D eigenvalue weighted by molar-refractivity contribution is 5.83. The number of rotatable bonds is 2. The molecule has 0 radical (unpaired) electrons. The van der Waals surface area contributed by atoms with Crippen molar-refractivity contribution in [3.8, 4) is 0 Å². The van der Waals surface area contributed by atoms with Gasteiger partial charge in [0.2, 0.25) is 0 Å². The average molecular weight is 215 g/mol.